The third-order valence-electron chi connectivity index (χ3n) is 3.58. The van der Waals surface area contributed by atoms with Crippen LogP contribution < -0.4 is 19.5 Å². The van der Waals surface area contributed by atoms with E-state index in [9.17, 15) is 4.79 Å². The Bertz CT molecular complexity index is 880. The first-order chi connectivity index (χ1) is 13.2. The second kappa shape index (κ2) is 9.34. The average Bonchev–Trinajstić information content (AvgIpc) is 3.21. The number of amides is 1. The summed E-state index contributed by atoms with van der Waals surface area (Å²) < 4.78 is 17.5. The maximum atomic E-state index is 12.2. The minimum atomic E-state index is -0.0750. The zero-order chi connectivity index (χ0) is 19.1. The molecule has 2 aromatic carbocycles. The van der Waals surface area contributed by atoms with E-state index in [1.165, 1.54) is 11.8 Å². The van der Waals surface area contributed by atoms with Crippen molar-refractivity contribution in [1.29, 1.82) is 0 Å². The van der Waals surface area contributed by atoms with Gasteiger partial charge in [0.25, 0.3) is 0 Å². The number of carbonyl (C=O) groups excluding carboxylic acids is 1. The summed E-state index contributed by atoms with van der Waals surface area (Å²) in [4.78, 5) is 12.2. The predicted octanol–water partition coefficient (Wildman–Crippen LogP) is 5.29. The van der Waals surface area contributed by atoms with Crippen molar-refractivity contribution in [3.63, 3.8) is 0 Å². The first kappa shape index (κ1) is 19.1. The molecule has 1 amide bonds. The standard InChI is InChI=1S/C20H19NO4S2/c1-23-15-6-8-16(9-7-15)25-18-12-14(5-10-17(18)24-2)21-19(22)13-27-20-4-3-11-26-20/h3-12H,13H2,1-2H3,(H,21,22). The van der Waals surface area contributed by atoms with Gasteiger partial charge < -0.3 is 19.5 Å². The van der Waals surface area contributed by atoms with E-state index in [0.29, 0.717) is 28.7 Å². The Morgan fingerprint density at radius 2 is 1.78 bits per heavy atom. The number of hydrogen-bond donors (Lipinski definition) is 1. The van der Waals surface area contributed by atoms with Gasteiger partial charge in [0.05, 0.1) is 24.2 Å². The second-order valence-electron chi connectivity index (χ2n) is 5.41. The number of ether oxygens (including phenoxy) is 3. The van der Waals surface area contributed by atoms with Crippen molar-refractivity contribution >= 4 is 34.7 Å². The summed E-state index contributed by atoms with van der Waals surface area (Å²) in [5.74, 6) is 2.77. The van der Waals surface area contributed by atoms with Crippen molar-refractivity contribution in [1.82, 2.24) is 0 Å². The minimum Gasteiger partial charge on any atom is -0.497 e. The van der Waals surface area contributed by atoms with Gasteiger partial charge in [0.15, 0.2) is 11.5 Å². The molecule has 27 heavy (non-hydrogen) atoms. The zero-order valence-corrected chi connectivity index (χ0v) is 16.6. The summed E-state index contributed by atoms with van der Waals surface area (Å²) in [6, 6.07) is 16.5. The zero-order valence-electron chi connectivity index (χ0n) is 14.9. The minimum absolute atomic E-state index is 0.0750. The summed E-state index contributed by atoms with van der Waals surface area (Å²) in [6.45, 7) is 0. The van der Waals surface area contributed by atoms with Crippen LogP contribution in [0, 0.1) is 0 Å². The van der Waals surface area contributed by atoms with Crippen molar-refractivity contribution in [2.24, 2.45) is 0 Å². The van der Waals surface area contributed by atoms with Gasteiger partial charge in [-0.15, -0.1) is 23.1 Å². The Balaban J connectivity index is 1.67. The van der Waals surface area contributed by atoms with E-state index in [2.05, 4.69) is 5.32 Å². The molecule has 1 N–H and O–H groups in total. The number of thioether (sulfide) groups is 1. The lowest BCUT2D eigenvalue weighted by atomic mass is 10.2. The molecule has 0 aliphatic rings. The summed E-state index contributed by atoms with van der Waals surface area (Å²) in [6.07, 6.45) is 0. The van der Waals surface area contributed by atoms with Crippen molar-refractivity contribution in [2.45, 2.75) is 4.21 Å². The van der Waals surface area contributed by atoms with Gasteiger partial charge in [0.1, 0.15) is 11.5 Å². The third-order valence-corrected chi connectivity index (χ3v) is 5.71. The van der Waals surface area contributed by atoms with Crippen LogP contribution in [0.1, 0.15) is 0 Å². The largest absolute Gasteiger partial charge is 0.497 e. The summed E-state index contributed by atoms with van der Waals surface area (Å²) in [5, 5.41) is 4.88. The number of carbonyl (C=O) groups is 1. The van der Waals surface area contributed by atoms with Gasteiger partial charge >= 0.3 is 0 Å². The number of nitrogens with one attached hydrogen (secondary N) is 1. The molecule has 140 valence electrons. The van der Waals surface area contributed by atoms with Crippen molar-refractivity contribution in [3.8, 4) is 23.0 Å². The molecule has 0 atom stereocenters. The fourth-order valence-electron chi connectivity index (χ4n) is 2.28. The lowest BCUT2D eigenvalue weighted by Gasteiger charge is -2.13. The van der Waals surface area contributed by atoms with Crippen LogP contribution in [0.25, 0.3) is 0 Å². The van der Waals surface area contributed by atoms with Crippen molar-refractivity contribution in [3.05, 3.63) is 60.0 Å². The Morgan fingerprint density at radius 1 is 1.00 bits per heavy atom. The Kier molecular flexibility index (Phi) is 6.62. The fraction of sp³-hybridized carbons (Fsp3) is 0.150. The fourth-order valence-corrected chi connectivity index (χ4v) is 3.87. The van der Waals surface area contributed by atoms with Gasteiger partial charge in [0, 0.05) is 11.8 Å². The first-order valence-corrected chi connectivity index (χ1v) is 10.0. The van der Waals surface area contributed by atoms with Crippen LogP contribution in [0.4, 0.5) is 5.69 Å². The maximum Gasteiger partial charge on any atom is 0.234 e. The molecule has 0 radical (unpaired) electrons. The van der Waals surface area contributed by atoms with Crippen molar-refractivity contribution < 1.29 is 19.0 Å². The normalized spacial score (nSPS) is 10.3. The molecule has 0 spiro atoms. The Hall–Kier alpha value is -2.64. The van der Waals surface area contributed by atoms with Gasteiger partial charge in [0.2, 0.25) is 5.91 Å². The van der Waals surface area contributed by atoms with Crippen LogP contribution in [0.5, 0.6) is 23.0 Å². The molecule has 0 saturated heterocycles. The molecule has 3 rings (SSSR count). The smallest absolute Gasteiger partial charge is 0.234 e. The quantitative estimate of drug-likeness (QED) is 0.520. The van der Waals surface area contributed by atoms with Gasteiger partial charge in [-0.2, -0.15) is 0 Å². The number of hydrogen-bond acceptors (Lipinski definition) is 6. The molecule has 0 unspecified atom stereocenters. The third kappa shape index (κ3) is 5.42. The molecular formula is C20H19NO4S2. The van der Waals surface area contributed by atoms with Gasteiger partial charge in [-0.25, -0.2) is 0 Å². The Labute approximate surface area is 166 Å². The number of anilines is 1. The highest BCUT2D eigenvalue weighted by Gasteiger charge is 2.10. The van der Waals surface area contributed by atoms with Crippen LogP contribution in [0.15, 0.2) is 64.2 Å². The Morgan fingerprint density at radius 3 is 2.44 bits per heavy atom. The molecule has 0 aliphatic heterocycles. The molecule has 1 aromatic heterocycles. The number of methoxy groups -OCH3 is 2. The predicted molar refractivity (Wildman–Crippen MR) is 110 cm³/mol. The van der Waals surface area contributed by atoms with Gasteiger partial charge in [-0.05, 0) is 47.8 Å². The molecule has 5 nitrogen and oxygen atoms in total. The number of thiophene rings is 1. The molecule has 7 heteroatoms. The van der Waals surface area contributed by atoms with Crippen LogP contribution in [-0.4, -0.2) is 25.9 Å². The van der Waals surface area contributed by atoms with E-state index in [1.54, 1.807) is 55.9 Å². The highest BCUT2D eigenvalue weighted by Crippen LogP contribution is 2.34. The summed E-state index contributed by atoms with van der Waals surface area (Å²) in [7, 11) is 3.19. The van der Waals surface area contributed by atoms with Gasteiger partial charge in [-0.1, -0.05) is 6.07 Å². The SMILES string of the molecule is COc1ccc(Oc2cc(NC(=O)CSc3cccs3)ccc2OC)cc1. The van der Waals surface area contributed by atoms with E-state index < -0.39 is 0 Å². The molecule has 0 saturated carbocycles. The molecule has 0 fully saturated rings. The topological polar surface area (TPSA) is 56.8 Å². The molecule has 3 aromatic rings. The van der Waals surface area contributed by atoms with E-state index >= 15 is 0 Å². The molecule has 0 bridgehead atoms. The lowest BCUT2D eigenvalue weighted by Crippen LogP contribution is -2.13. The van der Waals surface area contributed by atoms with E-state index in [1.807, 2.05) is 29.6 Å². The number of rotatable bonds is 8. The first-order valence-electron chi connectivity index (χ1n) is 8.14. The van der Waals surface area contributed by atoms with Crippen LogP contribution >= 0.6 is 23.1 Å². The van der Waals surface area contributed by atoms with Crippen LogP contribution in [-0.2, 0) is 4.79 Å². The lowest BCUT2D eigenvalue weighted by molar-refractivity contribution is -0.113. The van der Waals surface area contributed by atoms with Crippen LogP contribution in [0.2, 0.25) is 0 Å². The van der Waals surface area contributed by atoms with Crippen LogP contribution in [0.3, 0.4) is 0 Å². The van der Waals surface area contributed by atoms with Gasteiger partial charge in [-0.3, -0.25) is 4.79 Å². The molecular weight excluding hydrogens is 382 g/mol. The maximum absolute atomic E-state index is 12.2. The second-order valence-corrected chi connectivity index (χ2v) is 7.64. The highest BCUT2D eigenvalue weighted by atomic mass is 32.2. The van der Waals surface area contributed by atoms with E-state index in [4.69, 9.17) is 14.2 Å². The molecule has 1 heterocycles. The molecule has 0 aliphatic carbocycles. The average molecular weight is 402 g/mol. The monoisotopic (exact) mass is 401 g/mol. The summed E-state index contributed by atoms with van der Waals surface area (Å²) >= 11 is 3.13. The highest BCUT2D eigenvalue weighted by molar-refractivity contribution is 8.01. The van der Waals surface area contributed by atoms with E-state index in [0.717, 1.165) is 9.96 Å². The number of benzene rings is 2. The van der Waals surface area contributed by atoms with Crippen molar-refractivity contribution in [2.75, 3.05) is 25.3 Å². The van der Waals surface area contributed by atoms with E-state index in [-0.39, 0.29) is 5.91 Å². The summed E-state index contributed by atoms with van der Waals surface area (Å²) in [5.41, 5.74) is 0.649.